The highest BCUT2D eigenvalue weighted by Gasteiger charge is 2.14. The van der Waals surface area contributed by atoms with E-state index >= 15 is 0 Å². The zero-order chi connectivity index (χ0) is 11.7. The van der Waals surface area contributed by atoms with Crippen molar-refractivity contribution in [2.24, 2.45) is 0 Å². The molecule has 80 valence electrons. The zero-order valence-electron chi connectivity index (χ0n) is 8.04. The first-order chi connectivity index (χ1) is 7.61. The van der Waals surface area contributed by atoms with Gasteiger partial charge in [-0.3, -0.25) is 4.98 Å². The monoisotopic (exact) mass is 217 g/mol. The van der Waals surface area contributed by atoms with Gasteiger partial charge in [-0.15, -0.1) is 0 Å². The second-order valence-electron chi connectivity index (χ2n) is 3.19. The minimum absolute atomic E-state index is 0.0492. The molecule has 0 amide bonds. The maximum Gasteiger partial charge on any atom is 0.336 e. The normalized spacial score (nSPS) is 10.2. The average molecular weight is 217 g/mol. The number of aromatic nitrogens is 1. The lowest BCUT2D eigenvalue weighted by Gasteiger charge is -2.04. The molecule has 0 fully saturated rings. The Balaban J connectivity index is 2.87. The second kappa shape index (κ2) is 3.62. The summed E-state index contributed by atoms with van der Waals surface area (Å²) in [7, 11) is 0. The Labute approximate surface area is 90.0 Å². The number of hydrogen-bond donors (Lipinski definition) is 2. The third kappa shape index (κ3) is 1.48. The standard InChI is InChI=1S/C11H7NO4/c13-10(14)7-1-2-8(11(15)16)9-5-12-4-3-6(7)9/h1-5H,(H,13,14)(H,15,16). The summed E-state index contributed by atoms with van der Waals surface area (Å²) in [5.41, 5.74) is 0.121. The lowest BCUT2D eigenvalue weighted by molar-refractivity contribution is 0.0684. The number of carboxylic acids is 2. The maximum absolute atomic E-state index is 10.9. The molecule has 5 nitrogen and oxygen atoms in total. The highest BCUT2D eigenvalue weighted by Crippen LogP contribution is 2.22. The number of carboxylic acid groups (broad SMARTS) is 2. The minimum Gasteiger partial charge on any atom is -0.478 e. The Morgan fingerprint density at radius 2 is 1.50 bits per heavy atom. The topological polar surface area (TPSA) is 87.5 Å². The van der Waals surface area contributed by atoms with Crippen LogP contribution >= 0.6 is 0 Å². The SMILES string of the molecule is O=C(O)c1ccc(C(=O)O)c2cnccc12. The Hall–Kier alpha value is -2.43. The van der Waals surface area contributed by atoms with Crippen LogP contribution in [0.5, 0.6) is 0 Å². The van der Waals surface area contributed by atoms with Gasteiger partial charge in [0, 0.05) is 23.2 Å². The van der Waals surface area contributed by atoms with E-state index in [1.54, 1.807) is 0 Å². The van der Waals surface area contributed by atoms with E-state index in [0.717, 1.165) is 0 Å². The van der Waals surface area contributed by atoms with Crippen LogP contribution in [0.25, 0.3) is 10.8 Å². The lowest BCUT2D eigenvalue weighted by Crippen LogP contribution is -2.03. The van der Waals surface area contributed by atoms with Crippen LogP contribution in [0.3, 0.4) is 0 Å². The largest absolute Gasteiger partial charge is 0.478 e. The van der Waals surface area contributed by atoms with E-state index in [0.29, 0.717) is 10.8 Å². The molecular formula is C11H7NO4. The van der Waals surface area contributed by atoms with Crippen molar-refractivity contribution in [2.75, 3.05) is 0 Å². The van der Waals surface area contributed by atoms with Crippen molar-refractivity contribution >= 4 is 22.7 Å². The number of benzene rings is 1. The molecule has 2 rings (SSSR count). The molecule has 0 atom stereocenters. The van der Waals surface area contributed by atoms with Gasteiger partial charge in [-0.2, -0.15) is 0 Å². The average Bonchev–Trinajstić information content (AvgIpc) is 2.27. The third-order valence-electron chi connectivity index (χ3n) is 2.28. The molecule has 1 aromatic heterocycles. The van der Waals surface area contributed by atoms with E-state index in [-0.39, 0.29) is 11.1 Å². The fourth-order valence-electron chi connectivity index (χ4n) is 1.56. The molecule has 16 heavy (non-hydrogen) atoms. The predicted octanol–water partition coefficient (Wildman–Crippen LogP) is 1.63. The van der Waals surface area contributed by atoms with Gasteiger partial charge in [-0.1, -0.05) is 0 Å². The Bertz CT molecular complexity index is 539. The molecule has 0 aliphatic heterocycles. The highest BCUT2D eigenvalue weighted by molar-refractivity contribution is 6.10. The van der Waals surface area contributed by atoms with E-state index < -0.39 is 11.9 Å². The van der Waals surface area contributed by atoms with Crippen LogP contribution in [0.1, 0.15) is 20.7 Å². The number of fused-ring (bicyclic) bond motifs is 1. The molecule has 0 saturated heterocycles. The molecule has 0 aliphatic rings. The summed E-state index contributed by atoms with van der Waals surface area (Å²) >= 11 is 0. The van der Waals surface area contributed by atoms with E-state index in [2.05, 4.69) is 4.98 Å². The van der Waals surface area contributed by atoms with E-state index in [1.165, 1.54) is 30.6 Å². The minimum atomic E-state index is -1.10. The summed E-state index contributed by atoms with van der Waals surface area (Å²) in [6.07, 6.45) is 2.78. The predicted molar refractivity (Wildman–Crippen MR) is 55.7 cm³/mol. The van der Waals surface area contributed by atoms with Crippen molar-refractivity contribution in [3.05, 3.63) is 41.7 Å². The van der Waals surface area contributed by atoms with Crippen LogP contribution < -0.4 is 0 Å². The van der Waals surface area contributed by atoms with Gasteiger partial charge in [-0.05, 0) is 18.2 Å². The Kier molecular flexibility index (Phi) is 2.28. The molecule has 5 heteroatoms. The van der Waals surface area contributed by atoms with Crippen molar-refractivity contribution in [3.63, 3.8) is 0 Å². The number of aromatic carboxylic acids is 2. The molecule has 1 heterocycles. The van der Waals surface area contributed by atoms with Crippen molar-refractivity contribution in [3.8, 4) is 0 Å². The molecule has 0 bridgehead atoms. The molecule has 0 spiro atoms. The van der Waals surface area contributed by atoms with Gasteiger partial charge < -0.3 is 10.2 Å². The van der Waals surface area contributed by atoms with Crippen LogP contribution in [-0.2, 0) is 0 Å². The highest BCUT2D eigenvalue weighted by atomic mass is 16.4. The Morgan fingerprint density at radius 1 is 0.938 bits per heavy atom. The first-order valence-corrected chi connectivity index (χ1v) is 4.44. The van der Waals surface area contributed by atoms with Crippen LogP contribution in [0.15, 0.2) is 30.6 Å². The Morgan fingerprint density at radius 3 is 2.06 bits per heavy atom. The fraction of sp³-hybridized carbons (Fsp3) is 0. The summed E-state index contributed by atoms with van der Waals surface area (Å²) < 4.78 is 0. The second-order valence-corrected chi connectivity index (χ2v) is 3.19. The van der Waals surface area contributed by atoms with Gasteiger partial charge >= 0.3 is 11.9 Å². The smallest absolute Gasteiger partial charge is 0.336 e. The van der Waals surface area contributed by atoms with Gasteiger partial charge in [-0.25, -0.2) is 9.59 Å². The fourth-order valence-corrected chi connectivity index (χ4v) is 1.56. The van der Waals surface area contributed by atoms with Gasteiger partial charge in [0.2, 0.25) is 0 Å². The zero-order valence-corrected chi connectivity index (χ0v) is 8.04. The summed E-state index contributed by atoms with van der Waals surface area (Å²) in [6.45, 7) is 0. The first-order valence-electron chi connectivity index (χ1n) is 4.44. The van der Waals surface area contributed by atoms with Crippen molar-refractivity contribution in [1.29, 1.82) is 0 Å². The van der Waals surface area contributed by atoms with Crippen LogP contribution in [0.2, 0.25) is 0 Å². The maximum atomic E-state index is 10.9. The molecule has 0 unspecified atom stereocenters. The summed E-state index contributed by atoms with van der Waals surface area (Å²) in [6, 6.07) is 4.05. The summed E-state index contributed by atoms with van der Waals surface area (Å²) in [5.74, 6) is -2.19. The van der Waals surface area contributed by atoms with Crippen LogP contribution in [0, 0.1) is 0 Å². The summed E-state index contributed by atoms with van der Waals surface area (Å²) in [5, 5.41) is 18.6. The molecular weight excluding hydrogens is 210 g/mol. The van der Waals surface area contributed by atoms with Gasteiger partial charge in [0.05, 0.1) is 11.1 Å². The quantitative estimate of drug-likeness (QED) is 0.798. The van der Waals surface area contributed by atoms with Gasteiger partial charge in [0.25, 0.3) is 0 Å². The van der Waals surface area contributed by atoms with E-state index in [9.17, 15) is 9.59 Å². The molecule has 0 radical (unpaired) electrons. The molecule has 2 aromatic rings. The number of pyridine rings is 1. The van der Waals surface area contributed by atoms with E-state index in [1.807, 2.05) is 0 Å². The first kappa shape index (κ1) is 10.1. The van der Waals surface area contributed by atoms with E-state index in [4.69, 9.17) is 10.2 Å². The number of nitrogens with zero attached hydrogens (tertiary/aromatic N) is 1. The third-order valence-corrected chi connectivity index (χ3v) is 2.28. The van der Waals surface area contributed by atoms with Gasteiger partial charge in [0.15, 0.2) is 0 Å². The molecule has 2 N–H and O–H groups in total. The molecule has 1 aromatic carbocycles. The lowest BCUT2D eigenvalue weighted by atomic mass is 10.0. The molecule has 0 aliphatic carbocycles. The number of hydrogen-bond acceptors (Lipinski definition) is 3. The van der Waals surface area contributed by atoms with Crippen LogP contribution in [0.4, 0.5) is 0 Å². The molecule has 0 saturated carbocycles. The van der Waals surface area contributed by atoms with Crippen molar-refractivity contribution in [1.82, 2.24) is 4.98 Å². The van der Waals surface area contributed by atoms with Crippen LogP contribution in [-0.4, -0.2) is 27.1 Å². The van der Waals surface area contributed by atoms with Crippen molar-refractivity contribution in [2.45, 2.75) is 0 Å². The number of carbonyl (C=O) groups is 2. The number of rotatable bonds is 2. The van der Waals surface area contributed by atoms with Crippen molar-refractivity contribution < 1.29 is 19.8 Å². The van der Waals surface area contributed by atoms with Gasteiger partial charge in [0.1, 0.15) is 0 Å². The summed E-state index contributed by atoms with van der Waals surface area (Å²) in [4.78, 5) is 25.6.